The van der Waals surface area contributed by atoms with Crippen LogP contribution in [-0.4, -0.2) is 56.8 Å². The Morgan fingerprint density at radius 3 is 2.47 bits per heavy atom. The van der Waals surface area contributed by atoms with E-state index in [-0.39, 0.29) is 51.7 Å². The summed E-state index contributed by atoms with van der Waals surface area (Å²) in [6.07, 6.45) is 17.2. The third-order valence-electron chi connectivity index (χ3n) is 16.8. The van der Waals surface area contributed by atoms with Crippen LogP contribution in [0.2, 0.25) is 0 Å². The number of aromatic carboxylic acids is 1. The minimum Gasteiger partial charge on any atom is -0.493 e. The van der Waals surface area contributed by atoms with Gasteiger partial charge in [-0.1, -0.05) is 66.2 Å². The second kappa shape index (κ2) is 17.7. The van der Waals surface area contributed by atoms with Crippen molar-refractivity contribution in [2.45, 2.75) is 138 Å². The second-order valence-corrected chi connectivity index (χ2v) is 20.1. The number of rotatable bonds is 15. The molecule has 7 rings (SSSR count). The van der Waals surface area contributed by atoms with E-state index in [4.69, 9.17) is 4.74 Å². The Morgan fingerprint density at radius 1 is 0.917 bits per heavy atom. The van der Waals surface area contributed by atoms with Gasteiger partial charge in [-0.3, -0.25) is 9.59 Å². The number of hydrogen-bond donors (Lipinski definition) is 4. The molecule has 0 aliphatic heterocycles. The minimum absolute atomic E-state index is 0.0466. The first-order valence-electron chi connectivity index (χ1n) is 22.9. The number of aromatic nitrogens is 2. The Labute approximate surface area is 357 Å². The fraction of sp³-hybridized carbons (Fsp3) is 0.640. The average molecular weight is 823 g/mol. The summed E-state index contributed by atoms with van der Waals surface area (Å²) in [5.74, 6) is 1.86. The third-order valence-corrected chi connectivity index (χ3v) is 16.8. The molecule has 4 saturated carbocycles. The number of ether oxygens (including phenoxy) is 1. The average Bonchev–Trinajstić information content (AvgIpc) is 3.75. The molecule has 9 atom stereocenters. The van der Waals surface area contributed by atoms with Crippen LogP contribution >= 0.6 is 0 Å². The van der Waals surface area contributed by atoms with E-state index in [1.54, 1.807) is 36.8 Å². The van der Waals surface area contributed by atoms with Crippen LogP contribution in [0.3, 0.4) is 0 Å². The van der Waals surface area contributed by atoms with Crippen LogP contribution in [0.25, 0.3) is 0 Å². The van der Waals surface area contributed by atoms with Crippen LogP contribution in [0.15, 0.2) is 61.2 Å². The summed E-state index contributed by atoms with van der Waals surface area (Å²) in [7, 11) is 0. The van der Waals surface area contributed by atoms with Crippen LogP contribution in [0.4, 0.5) is 0 Å². The van der Waals surface area contributed by atoms with Crippen LogP contribution < -0.4 is 15.4 Å². The summed E-state index contributed by atoms with van der Waals surface area (Å²) < 4.78 is 7.74. The molecule has 10 nitrogen and oxygen atoms in total. The highest BCUT2D eigenvalue weighted by molar-refractivity contribution is 5.94. The van der Waals surface area contributed by atoms with Crippen molar-refractivity contribution in [1.29, 1.82) is 0 Å². The zero-order valence-electron chi connectivity index (χ0n) is 37.0. The van der Waals surface area contributed by atoms with E-state index in [2.05, 4.69) is 57.2 Å². The van der Waals surface area contributed by atoms with Crippen molar-refractivity contribution >= 4 is 17.8 Å². The van der Waals surface area contributed by atoms with Crippen molar-refractivity contribution in [2.75, 3.05) is 13.2 Å². The van der Waals surface area contributed by atoms with Gasteiger partial charge in [-0.25, -0.2) is 9.78 Å². The Morgan fingerprint density at radius 2 is 1.72 bits per heavy atom. The fourth-order valence-electron chi connectivity index (χ4n) is 13.6. The molecule has 0 bridgehead atoms. The summed E-state index contributed by atoms with van der Waals surface area (Å²) in [5.41, 5.74) is 2.32. The van der Waals surface area contributed by atoms with Crippen LogP contribution in [0.5, 0.6) is 5.75 Å². The van der Waals surface area contributed by atoms with Gasteiger partial charge in [0.1, 0.15) is 11.3 Å². The van der Waals surface area contributed by atoms with Gasteiger partial charge < -0.3 is 30.2 Å². The number of carbonyl (C=O) groups is 3. The molecule has 4 aliphatic rings. The predicted molar refractivity (Wildman–Crippen MR) is 233 cm³/mol. The van der Waals surface area contributed by atoms with E-state index in [0.29, 0.717) is 72.5 Å². The molecule has 4 fully saturated rings. The largest absolute Gasteiger partial charge is 0.493 e. The van der Waals surface area contributed by atoms with Crippen LogP contribution in [0, 0.1) is 51.2 Å². The van der Waals surface area contributed by atoms with Gasteiger partial charge in [0.25, 0.3) is 5.91 Å². The molecule has 2 amide bonds. The van der Waals surface area contributed by atoms with Gasteiger partial charge in [0.2, 0.25) is 5.91 Å². The third kappa shape index (κ3) is 8.26. The van der Waals surface area contributed by atoms with Crippen molar-refractivity contribution in [3.05, 3.63) is 83.4 Å². The molecule has 0 spiro atoms. The molecule has 1 aromatic heterocycles. The van der Waals surface area contributed by atoms with E-state index in [0.717, 1.165) is 50.6 Å². The van der Waals surface area contributed by atoms with Crippen molar-refractivity contribution in [1.82, 2.24) is 20.2 Å². The van der Waals surface area contributed by atoms with Gasteiger partial charge in [0.05, 0.1) is 24.5 Å². The number of hydrogen-bond acceptors (Lipinski definition) is 6. The number of aryl methyl sites for hydroxylation is 1. The number of nitrogens with one attached hydrogen (secondary N) is 2. The number of carboxylic acid groups (broad SMARTS) is 1. The number of amides is 2. The lowest BCUT2D eigenvalue weighted by atomic mass is 9.36. The molecule has 3 aromatic rings. The second-order valence-electron chi connectivity index (χ2n) is 20.1. The molecular formula is C50H70N4O6. The molecule has 0 saturated heterocycles. The zero-order chi connectivity index (χ0) is 42.9. The van der Waals surface area contributed by atoms with Crippen LogP contribution in [-0.2, 0) is 24.3 Å². The van der Waals surface area contributed by atoms with E-state index in [1.807, 2.05) is 29.0 Å². The Hall–Kier alpha value is -4.18. The number of carboxylic acids is 1. The van der Waals surface area contributed by atoms with Crippen LogP contribution in [0.1, 0.15) is 144 Å². The molecule has 2 aromatic carbocycles. The van der Waals surface area contributed by atoms with E-state index < -0.39 is 5.97 Å². The molecule has 0 radical (unpaired) electrons. The molecule has 10 heteroatoms. The fourth-order valence-corrected chi connectivity index (χ4v) is 13.6. The zero-order valence-corrected chi connectivity index (χ0v) is 37.0. The first-order valence-corrected chi connectivity index (χ1v) is 22.9. The number of aliphatic hydroxyl groups is 1. The van der Waals surface area contributed by atoms with Gasteiger partial charge in [0.15, 0.2) is 0 Å². The normalized spacial score (nSPS) is 31.9. The first-order chi connectivity index (χ1) is 28.6. The number of imidazole rings is 1. The summed E-state index contributed by atoms with van der Waals surface area (Å²) in [5, 5.41) is 27.2. The first kappa shape index (κ1) is 43.9. The smallest absolute Gasteiger partial charge is 0.339 e. The SMILES string of the molecule is CCCC1(C(=O)NCCc2cccc(C(=O)NCc3ccc(OCCCn4ccnc4)c(C(=O)O)c3)c2)CCC2C(CCC3C2(C)CCC2C(C)(C)C(O)CCC23C)C1C. The van der Waals surface area contributed by atoms with Gasteiger partial charge in [-0.15, -0.1) is 0 Å². The van der Waals surface area contributed by atoms with E-state index in [9.17, 15) is 24.6 Å². The summed E-state index contributed by atoms with van der Waals surface area (Å²) >= 11 is 0. The molecule has 326 valence electrons. The number of carbonyl (C=O) groups excluding carboxylic acids is 2. The summed E-state index contributed by atoms with van der Waals surface area (Å²) in [6.45, 7) is 16.2. The van der Waals surface area contributed by atoms with Gasteiger partial charge in [-0.05, 0) is 152 Å². The van der Waals surface area contributed by atoms with E-state index in [1.165, 1.54) is 25.7 Å². The molecule has 1 heterocycles. The monoisotopic (exact) mass is 823 g/mol. The highest BCUT2D eigenvalue weighted by Gasteiger charge is 2.65. The lowest BCUT2D eigenvalue weighted by Gasteiger charge is -2.69. The van der Waals surface area contributed by atoms with Crippen molar-refractivity contribution < 1.29 is 29.3 Å². The topological polar surface area (TPSA) is 143 Å². The van der Waals surface area contributed by atoms with Gasteiger partial charge in [-0.2, -0.15) is 0 Å². The maximum Gasteiger partial charge on any atom is 0.339 e. The highest BCUT2D eigenvalue weighted by atomic mass is 16.5. The summed E-state index contributed by atoms with van der Waals surface area (Å²) in [6, 6.07) is 12.5. The lowest BCUT2D eigenvalue weighted by Crippen LogP contribution is -2.64. The summed E-state index contributed by atoms with van der Waals surface area (Å²) in [4.78, 5) is 43.8. The Kier molecular flexibility index (Phi) is 12.9. The molecule has 9 unspecified atom stereocenters. The van der Waals surface area contributed by atoms with Crippen molar-refractivity contribution in [3.63, 3.8) is 0 Å². The number of aliphatic hydroxyl groups excluding tert-OH is 1. The quantitative estimate of drug-likeness (QED) is 0.112. The number of fused-ring (bicyclic) bond motifs is 5. The standard InChI is InChI=1S/C50H70N4O6/c1-7-20-50(23-16-39-37(33(50)2)13-15-42-48(39,5)21-17-41-47(3,4)43(55)18-22-49(41,42)6)46(59)52-24-19-34-10-8-11-36(29-34)44(56)53-31-35-12-14-40(38(30-35)45(57)58)60-28-9-26-54-27-25-51-32-54/h8,10-12,14,25,27,29-30,32-33,37,39,41-43,55H,7,9,13,15-24,26,28,31H2,1-6H3,(H,52,59)(H,53,56)(H,57,58). The van der Waals surface area contributed by atoms with Crippen molar-refractivity contribution in [2.24, 2.45) is 51.2 Å². The molecular weight excluding hydrogens is 753 g/mol. The molecule has 60 heavy (non-hydrogen) atoms. The Balaban J connectivity index is 0.931. The number of benzene rings is 2. The number of nitrogens with zero attached hydrogens (tertiary/aromatic N) is 2. The highest BCUT2D eigenvalue weighted by Crippen LogP contribution is 2.72. The van der Waals surface area contributed by atoms with Gasteiger partial charge >= 0.3 is 5.97 Å². The minimum atomic E-state index is -1.09. The maximum atomic E-state index is 14.4. The lowest BCUT2D eigenvalue weighted by molar-refractivity contribution is -0.215. The van der Waals surface area contributed by atoms with E-state index >= 15 is 0 Å². The maximum absolute atomic E-state index is 14.4. The van der Waals surface area contributed by atoms with Gasteiger partial charge in [0, 0.05) is 37.6 Å². The molecule has 4 aliphatic carbocycles. The molecule has 4 N–H and O–H groups in total. The predicted octanol–water partition coefficient (Wildman–Crippen LogP) is 9.10. The Bertz CT molecular complexity index is 2000. The van der Waals surface area contributed by atoms with Crippen molar-refractivity contribution in [3.8, 4) is 5.75 Å².